The van der Waals surface area contributed by atoms with Crippen LogP contribution in [-0.4, -0.2) is 62.4 Å². The average molecular weight is 580 g/mol. The smallest absolute Gasteiger partial charge is 0.261 e. The summed E-state index contributed by atoms with van der Waals surface area (Å²) in [6.07, 6.45) is 0.222. The fourth-order valence-electron chi connectivity index (χ4n) is 6.91. The maximum Gasteiger partial charge on any atom is 0.261 e. The lowest BCUT2D eigenvalue weighted by Gasteiger charge is -2.46. The summed E-state index contributed by atoms with van der Waals surface area (Å²) in [4.78, 5) is 16.6. The van der Waals surface area contributed by atoms with Gasteiger partial charge in [-0.2, -0.15) is 0 Å². The minimum atomic E-state index is -2.89. The van der Waals surface area contributed by atoms with Gasteiger partial charge in [-0.05, 0) is 61.5 Å². The van der Waals surface area contributed by atoms with Crippen molar-refractivity contribution >= 4 is 32.7 Å². The predicted octanol–water partition coefficient (Wildman–Crippen LogP) is 5.63. The molecule has 2 aromatic carbocycles. The molecule has 1 aliphatic heterocycles. The van der Waals surface area contributed by atoms with Crippen molar-refractivity contribution in [3.05, 3.63) is 71.4 Å². The lowest BCUT2D eigenvalue weighted by molar-refractivity contribution is -0.143. The Morgan fingerprint density at radius 3 is 1.82 bits per heavy atom. The first-order valence-corrected chi connectivity index (χ1v) is 20.0. The van der Waals surface area contributed by atoms with E-state index in [1.807, 2.05) is 30.9 Å². The van der Waals surface area contributed by atoms with Gasteiger partial charge < -0.3 is 19.2 Å². The molecule has 40 heavy (non-hydrogen) atoms. The predicted molar refractivity (Wildman–Crippen MR) is 169 cm³/mol. The van der Waals surface area contributed by atoms with Crippen molar-refractivity contribution in [1.82, 2.24) is 4.90 Å². The van der Waals surface area contributed by atoms with Gasteiger partial charge in [0, 0.05) is 5.20 Å². The Labute approximate surface area is 243 Å². The summed E-state index contributed by atoms with van der Waals surface area (Å²) < 4.78 is 13.7. The molecule has 2 aliphatic rings. The molecule has 0 unspecified atom stereocenters. The quantitative estimate of drug-likeness (QED) is 0.356. The van der Waals surface area contributed by atoms with Gasteiger partial charge in [-0.1, -0.05) is 101 Å². The highest BCUT2D eigenvalue weighted by Crippen LogP contribution is 2.44. The monoisotopic (exact) mass is 579 g/mol. The lowest BCUT2D eigenvalue weighted by atomic mass is 10.0. The third-order valence-electron chi connectivity index (χ3n) is 8.52. The fourth-order valence-corrected chi connectivity index (χ4v) is 13.5. The molecule has 1 aliphatic carbocycles. The topological polar surface area (TPSA) is 59.0 Å². The average Bonchev–Trinajstić information content (AvgIpc) is 3.31. The van der Waals surface area contributed by atoms with Gasteiger partial charge in [0.1, 0.15) is 5.72 Å². The number of rotatable bonds is 6. The summed E-state index contributed by atoms with van der Waals surface area (Å²) in [6, 6.07) is 21.2. The van der Waals surface area contributed by atoms with Crippen molar-refractivity contribution in [2.45, 2.75) is 109 Å². The number of carbonyl (C=O) groups is 1. The Morgan fingerprint density at radius 1 is 0.925 bits per heavy atom. The van der Waals surface area contributed by atoms with Crippen molar-refractivity contribution in [2.24, 2.45) is 0 Å². The van der Waals surface area contributed by atoms with Crippen LogP contribution in [0.2, 0.25) is 24.7 Å². The molecule has 1 saturated carbocycles. The highest BCUT2D eigenvalue weighted by Gasteiger charge is 2.55. The number of nitrogens with zero attached hydrogens (tertiary/aromatic N) is 1. The second-order valence-electron chi connectivity index (χ2n) is 14.6. The molecular formula is C33H49NO4Si2. The second kappa shape index (κ2) is 10.7. The summed E-state index contributed by atoms with van der Waals surface area (Å²) in [5.74, 6) is -0.0151. The van der Waals surface area contributed by atoms with Gasteiger partial charge in [-0.3, -0.25) is 4.79 Å². The Hall–Kier alpha value is -2.04. The normalized spacial score (nSPS) is 24.3. The van der Waals surface area contributed by atoms with Crippen molar-refractivity contribution in [2.75, 3.05) is 6.61 Å². The summed E-state index contributed by atoms with van der Waals surface area (Å²) in [5, 5.41) is 14.6. The number of benzene rings is 2. The largest absolute Gasteiger partial charge is 0.401 e. The standard InChI is InChI=1S/C33H49NO4Si2/c1-31(2,3)40(24-17-13-11-14-18-24,25-19-15-12-16-20-25)38-27-22-21-26(35)28(27)29(39(8,9)10)30(36)34-32(4,5)23-37-33(34,6)7/h11-20,26-27,35H,21-23H2,1-10H3/b29-28+/t26-,27+/m0/s1. The number of aliphatic hydroxyl groups is 1. The van der Waals surface area contributed by atoms with Crippen LogP contribution < -0.4 is 10.4 Å². The molecule has 1 saturated heterocycles. The number of ether oxygens (including phenoxy) is 1. The minimum absolute atomic E-state index is 0.0151. The zero-order chi connectivity index (χ0) is 29.7. The first kappa shape index (κ1) is 30.9. The van der Waals surface area contributed by atoms with Crippen LogP contribution >= 0.6 is 0 Å². The number of hydrogen-bond donors (Lipinski definition) is 1. The molecule has 0 radical (unpaired) electrons. The van der Waals surface area contributed by atoms with Crippen LogP contribution in [0.1, 0.15) is 61.3 Å². The summed E-state index contributed by atoms with van der Waals surface area (Å²) in [6.45, 7) is 22.0. The molecule has 2 fully saturated rings. The molecule has 1 N–H and O–H groups in total. The Balaban J connectivity index is 1.94. The first-order valence-electron chi connectivity index (χ1n) is 14.6. The van der Waals surface area contributed by atoms with Crippen LogP contribution in [-0.2, 0) is 14.0 Å². The maximum atomic E-state index is 14.7. The SMILES string of the molecule is CC1(C)COC(C)(C)N1C(=O)/C(=C1/[C@@H](O)CC[C@H]1O[Si](c1ccccc1)(c1ccccc1)C(C)(C)C)[Si](C)(C)C. The van der Waals surface area contributed by atoms with Gasteiger partial charge in [-0.25, -0.2) is 0 Å². The number of aliphatic hydroxyl groups excluding tert-OH is 1. The third kappa shape index (κ3) is 5.43. The van der Waals surface area contributed by atoms with E-state index in [1.165, 1.54) is 10.4 Å². The van der Waals surface area contributed by atoms with E-state index in [1.54, 1.807) is 0 Å². The zero-order valence-electron chi connectivity index (χ0n) is 26.2. The van der Waals surface area contributed by atoms with E-state index in [0.29, 0.717) is 19.4 Å². The Bertz CT molecular complexity index is 1190. The highest BCUT2D eigenvalue weighted by atomic mass is 28.4. The molecule has 2 aromatic rings. The molecule has 7 heteroatoms. The summed E-state index contributed by atoms with van der Waals surface area (Å²) in [5.41, 5.74) is -0.385. The molecule has 1 heterocycles. The van der Waals surface area contributed by atoms with Crippen LogP contribution in [0.5, 0.6) is 0 Å². The van der Waals surface area contributed by atoms with Crippen LogP contribution in [0.4, 0.5) is 0 Å². The van der Waals surface area contributed by atoms with E-state index >= 15 is 0 Å². The van der Waals surface area contributed by atoms with E-state index in [9.17, 15) is 9.90 Å². The van der Waals surface area contributed by atoms with Crippen LogP contribution in [0.25, 0.3) is 0 Å². The second-order valence-corrected chi connectivity index (χ2v) is 23.9. The van der Waals surface area contributed by atoms with Crippen LogP contribution in [0, 0.1) is 0 Å². The fraction of sp³-hybridized carbons (Fsp3) is 0.545. The van der Waals surface area contributed by atoms with E-state index in [0.717, 1.165) is 10.8 Å². The van der Waals surface area contributed by atoms with Crippen LogP contribution in [0.3, 0.4) is 0 Å². The zero-order valence-corrected chi connectivity index (χ0v) is 28.2. The molecule has 218 valence electrons. The van der Waals surface area contributed by atoms with Crippen molar-refractivity contribution < 1.29 is 19.1 Å². The maximum absolute atomic E-state index is 14.7. The molecule has 0 bridgehead atoms. The van der Waals surface area contributed by atoms with Crippen molar-refractivity contribution in [1.29, 1.82) is 0 Å². The molecule has 4 rings (SSSR count). The van der Waals surface area contributed by atoms with Crippen LogP contribution in [0.15, 0.2) is 71.4 Å². The van der Waals surface area contributed by atoms with E-state index in [2.05, 4.69) is 103 Å². The third-order valence-corrected chi connectivity index (χ3v) is 15.6. The number of amides is 1. The molecule has 2 atom stereocenters. The van der Waals surface area contributed by atoms with Gasteiger partial charge in [0.15, 0.2) is 0 Å². The van der Waals surface area contributed by atoms with E-state index in [-0.39, 0.29) is 17.0 Å². The van der Waals surface area contributed by atoms with E-state index in [4.69, 9.17) is 9.16 Å². The molecule has 1 amide bonds. The van der Waals surface area contributed by atoms with Crippen molar-refractivity contribution in [3.63, 3.8) is 0 Å². The Kier molecular flexibility index (Phi) is 8.24. The number of carbonyl (C=O) groups excluding carboxylic acids is 1. The van der Waals surface area contributed by atoms with E-state index < -0.39 is 33.8 Å². The van der Waals surface area contributed by atoms with Crippen molar-refractivity contribution in [3.8, 4) is 0 Å². The molecule has 0 aromatic heterocycles. The molecule has 5 nitrogen and oxygen atoms in total. The number of hydrogen-bond acceptors (Lipinski definition) is 4. The first-order chi connectivity index (χ1) is 18.4. The summed E-state index contributed by atoms with van der Waals surface area (Å²) >= 11 is 0. The van der Waals surface area contributed by atoms with Gasteiger partial charge in [-0.15, -0.1) is 0 Å². The van der Waals surface area contributed by atoms with Gasteiger partial charge in [0.05, 0.1) is 32.4 Å². The minimum Gasteiger partial charge on any atom is -0.401 e. The van der Waals surface area contributed by atoms with Gasteiger partial charge in [0.2, 0.25) is 5.91 Å². The summed E-state index contributed by atoms with van der Waals surface area (Å²) in [7, 11) is -5.16. The molecule has 0 spiro atoms. The lowest BCUT2D eigenvalue weighted by Crippen LogP contribution is -2.67. The highest BCUT2D eigenvalue weighted by molar-refractivity contribution is 6.99. The molecular weight excluding hydrogens is 531 g/mol. The Morgan fingerprint density at radius 2 is 1.43 bits per heavy atom. The van der Waals surface area contributed by atoms with Gasteiger partial charge in [0.25, 0.3) is 8.32 Å². The van der Waals surface area contributed by atoms with Gasteiger partial charge >= 0.3 is 0 Å².